The van der Waals surface area contributed by atoms with Gasteiger partial charge in [0.05, 0.1) is 0 Å². The highest BCUT2D eigenvalue weighted by atomic mass is 32.2. The fourth-order valence-corrected chi connectivity index (χ4v) is 2.73. The van der Waals surface area contributed by atoms with Crippen molar-refractivity contribution in [1.82, 2.24) is 5.32 Å². The van der Waals surface area contributed by atoms with Crippen molar-refractivity contribution in [1.29, 1.82) is 0 Å². The third-order valence-corrected chi connectivity index (χ3v) is 4.33. The molecule has 0 aliphatic heterocycles. The molecule has 18 heavy (non-hydrogen) atoms. The zero-order valence-electron chi connectivity index (χ0n) is 11.4. The molecule has 0 amide bonds. The Balaban J connectivity index is 2.11. The standard InChI is InChI=1S/C13H25NO3S/c1-13(12(15)16,14-11-5-6-11)7-3-9-18-10-4-8-17-2/h11,14H,3-10H2,1-2H3,(H,15,16). The maximum Gasteiger partial charge on any atom is 0.323 e. The lowest BCUT2D eigenvalue weighted by Crippen LogP contribution is -2.50. The van der Waals surface area contributed by atoms with Gasteiger partial charge in [-0.2, -0.15) is 11.8 Å². The predicted molar refractivity (Wildman–Crippen MR) is 75.3 cm³/mol. The molecule has 1 fully saturated rings. The van der Waals surface area contributed by atoms with E-state index in [1.54, 1.807) is 7.11 Å². The summed E-state index contributed by atoms with van der Waals surface area (Å²) in [5.41, 5.74) is -0.742. The van der Waals surface area contributed by atoms with Crippen molar-refractivity contribution in [2.24, 2.45) is 0 Å². The molecule has 0 aromatic rings. The summed E-state index contributed by atoms with van der Waals surface area (Å²) in [6.45, 7) is 2.62. The molecule has 0 saturated heterocycles. The Morgan fingerprint density at radius 3 is 2.67 bits per heavy atom. The Hall–Kier alpha value is -0.260. The molecule has 0 aromatic heterocycles. The molecule has 0 heterocycles. The Morgan fingerprint density at radius 2 is 2.11 bits per heavy atom. The van der Waals surface area contributed by atoms with Gasteiger partial charge >= 0.3 is 5.97 Å². The summed E-state index contributed by atoms with van der Waals surface area (Å²) in [5, 5.41) is 12.5. The molecule has 0 spiro atoms. The van der Waals surface area contributed by atoms with E-state index >= 15 is 0 Å². The van der Waals surface area contributed by atoms with Gasteiger partial charge in [-0.25, -0.2) is 0 Å². The topological polar surface area (TPSA) is 58.6 Å². The van der Waals surface area contributed by atoms with Crippen LogP contribution in [-0.4, -0.2) is 47.9 Å². The Labute approximate surface area is 114 Å². The molecule has 106 valence electrons. The molecular weight excluding hydrogens is 250 g/mol. The molecule has 1 rings (SSSR count). The van der Waals surface area contributed by atoms with Crippen molar-refractivity contribution in [3.8, 4) is 0 Å². The van der Waals surface area contributed by atoms with E-state index in [4.69, 9.17) is 4.74 Å². The van der Waals surface area contributed by atoms with Crippen LogP contribution in [-0.2, 0) is 9.53 Å². The van der Waals surface area contributed by atoms with Crippen molar-refractivity contribution in [3.05, 3.63) is 0 Å². The smallest absolute Gasteiger partial charge is 0.323 e. The third-order valence-electron chi connectivity index (χ3n) is 3.17. The van der Waals surface area contributed by atoms with Gasteiger partial charge in [-0.15, -0.1) is 0 Å². The van der Waals surface area contributed by atoms with E-state index in [0.717, 1.165) is 43.8 Å². The van der Waals surface area contributed by atoms with E-state index in [2.05, 4.69) is 5.32 Å². The lowest BCUT2D eigenvalue weighted by Gasteiger charge is -2.26. The van der Waals surface area contributed by atoms with Crippen LogP contribution in [0.3, 0.4) is 0 Å². The van der Waals surface area contributed by atoms with Gasteiger partial charge in [0, 0.05) is 19.8 Å². The lowest BCUT2D eigenvalue weighted by atomic mass is 9.96. The summed E-state index contributed by atoms with van der Waals surface area (Å²) >= 11 is 1.88. The van der Waals surface area contributed by atoms with Crippen LogP contribution < -0.4 is 5.32 Å². The van der Waals surface area contributed by atoms with Gasteiger partial charge in [0.2, 0.25) is 0 Å². The summed E-state index contributed by atoms with van der Waals surface area (Å²) in [6.07, 6.45) is 4.96. The first-order valence-electron chi connectivity index (χ1n) is 6.66. The number of carbonyl (C=O) groups is 1. The molecule has 0 radical (unpaired) electrons. The second-order valence-corrected chi connectivity index (χ2v) is 6.34. The van der Waals surface area contributed by atoms with Gasteiger partial charge < -0.3 is 9.84 Å². The molecule has 1 unspecified atom stereocenters. The van der Waals surface area contributed by atoms with Gasteiger partial charge in [0.1, 0.15) is 5.54 Å². The highest BCUT2D eigenvalue weighted by Crippen LogP contribution is 2.25. The van der Waals surface area contributed by atoms with Crippen molar-refractivity contribution in [3.63, 3.8) is 0 Å². The third kappa shape index (κ3) is 6.07. The van der Waals surface area contributed by atoms with E-state index in [0.29, 0.717) is 12.5 Å². The molecule has 5 heteroatoms. The number of ether oxygens (including phenoxy) is 1. The normalized spacial score (nSPS) is 18.6. The minimum absolute atomic E-state index is 0.431. The molecule has 2 N–H and O–H groups in total. The van der Waals surface area contributed by atoms with Crippen molar-refractivity contribution < 1.29 is 14.6 Å². The zero-order valence-corrected chi connectivity index (χ0v) is 12.2. The number of aliphatic carboxylic acids is 1. The van der Waals surface area contributed by atoms with Crippen molar-refractivity contribution >= 4 is 17.7 Å². The van der Waals surface area contributed by atoms with Crippen LogP contribution in [0, 0.1) is 0 Å². The largest absolute Gasteiger partial charge is 0.480 e. The SMILES string of the molecule is COCCCSCCCC(C)(NC1CC1)C(=O)O. The quantitative estimate of drug-likeness (QED) is 0.566. The Bertz CT molecular complexity index is 259. The van der Waals surface area contributed by atoms with E-state index in [9.17, 15) is 9.90 Å². The maximum atomic E-state index is 11.3. The minimum atomic E-state index is -0.742. The number of thioether (sulfide) groups is 1. The number of hydrogen-bond acceptors (Lipinski definition) is 4. The fraction of sp³-hybridized carbons (Fsp3) is 0.923. The number of hydrogen-bond donors (Lipinski definition) is 2. The molecule has 1 saturated carbocycles. The van der Waals surface area contributed by atoms with E-state index in [1.165, 1.54) is 0 Å². The number of nitrogens with one attached hydrogen (secondary N) is 1. The zero-order chi connectivity index (χ0) is 13.4. The number of carboxylic acids is 1. The average Bonchev–Trinajstić information content (AvgIpc) is 3.11. The van der Waals surface area contributed by atoms with Gasteiger partial charge in [-0.05, 0) is 50.5 Å². The van der Waals surface area contributed by atoms with Crippen LogP contribution in [0.15, 0.2) is 0 Å². The first-order chi connectivity index (χ1) is 8.58. The lowest BCUT2D eigenvalue weighted by molar-refractivity contribution is -0.144. The summed E-state index contributed by atoms with van der Waals surface area (Å²) in [7, 11) is 1.71. The number of carboxylic acid groups (broad SMARTS) is 1. The maximum absolute atomic E-state index is 11.3. The predicted octanol–water partition coefficient (Wildman–Crippen LogP) is 2.13. The van der Waals surface area contributed by atoms with Crippen LogP contribution in [0.2, 0.25) is 0 Å². The molecular formula is C13H25NO3S. The molecule has 1 atom stereocenters. The highest BCUT2D eigenvalue weighted by Gasteiger charge is 2.37. The monoisotopic (exact) mass is 275 g/mol. The summed E-state index contributed by atoms with van der Waals surface area (Å²) in [6, 6.07) is 0.431. The van der Waals surface area contributed by atoms with Crippen molar-refractivity contribution in [2.45, 2.75) is 50.6 Å². The van der Waals surface area contributed by atoms with Gasteiger partial charge in [-0.3, -0.25) is 10.1 Å². The molecule has 4 nitrogen and oxygen atoms in total. The van der Waals surface area contributed by atoms with E-state index < -0.39 is 11.5 Å². The highest BCUT2D eigenvalue weighted by molar-refractivity contribution is 7.99. The molecule has 0 aromatic carbocycles. The van der Waals surface area contributed by atoms with Gasteiger partial charge in [0.25, 0.3) is 0 Å². The summed E-state index contributed by atoms with van der Waals surface area (Å²) in [4.78, 5) is 11.3. The second-order valence-electron chi connectivity index (χ2n) is 5.12. The van der Waals surface area contributed by atoms with Crippen LogP contribution in [0.1, 0.15) is 39.0 Å². The first kappa shape index (κ1) is 15.8. The van der Waals surface area contributed by atoms with Crippen LogP contribution in [0.5, 0.6) is 0 Å². The molecule has 0 bridgehead atoms. The van der Waals surface area contributed by atoms with Crippen LogP contribution in [0.4, 0.5) is 0 Å². The summed E-state index contributed by atoms with van der Waals surface area (Å²) in [5.74, 6) is 1.39. The van der Waals surface area contributed by atoms with Gasteiger partial charge in [0.15, 0.2) is 0 Å². The number of methoxy groups -OCH3 is 1. The van der Waals surface area contributed by atoms with Crippen LogP contribution >= 0.6 is 11.8 Å². The summed E-state index contributed by atoms with van der Waals surface area (Å²) < 4.78 is 4.98. The molecule has 1 aliphatic rings. The second kappa shape index (κ2) is 8.02. The Kier molecular flexibility index (Phi) is 7.04. The first-order valence-corrected chi connectivity index (χ1v) is 7.82. The fourth-order valence-electron chi connectivity index (χ4n) is 1.85. The van der Waals surface area contributed by atoms with E-state index in [-0.39, 0.29) is 0 Å². The van der Waals surface area contributed by atoms with Crippen molar-refractivity contribution in [2.75, 3.05) is 25.2 Å². The molecule has 1 aliphatic carbocycles. The minimum Gasteiger partial charge on any atom is -0.480 e. The Morgan fingerprint density at radius 1 is 1.44 bits per heavy atom. The van der Waals surface area contributed by atoms with Crippen LogP contribution in [0.25, 0.3) is 0 Å². The number of rotatable bonds is 11. The van der Waals surface area contributed by atoms with Gasteiger partial charge in [-0.1, -0.05) is 0 Å². The van der Waals surface area contributed by atoms with E-state index in [1.807, 2.05) is 18.7 Å². The average molecular weight is 275 g/mol.